The second-order valence-electron chi connectivity index (χ2n) is 8.22. The fraction of sp³-hybridized carbons (Fsp3) is 0.167. The van der Waals surface area contributed by atoms with Crippen LogP contribution in [0, 0.1) is 0 Å². The van der Waals surface area contributed by atoms with Crippen LogP contribution in [0.2, 0.25) is 0 Å². The predicted octanol–water partition coefficient (Wildman–Crippen LogP) is 2.75. The number of carboxylic acids is 2. The van der Waals surface area contributed by atoms with Crippen LogP contribution in [-0.2, 0) is 24.0 Å². The number of anilines is 1. The average Bonchev–Trinajstić information content (AvgIpc) is 3.62. The van der Waals surface area contributed by atoms with Gasteiger partial charge in [0.15, 0.2) is 10.8 Å². The Kier molecular flexibility index (Phi) is 8.11. The number of amides is 2. The molecule has 40 heavy (non-hydrogen) atoms. The first-order valence-electron chi connectivity index (χ1n) is 11.4. The van der Waals surface area contributed by atoms with Crippen LogP contribution in [0.25, 0.3) is 10.4 Å². The van der Waals surface area contributed by atoms with E-state index in [1.54, 1.807) is 11.3 Å². The number of hydrogen-bond acceptors (Lipinski definition) is 12. The first-order chi connectivity index (χ1) is 19.2. The number of nitrogens with zero attached hydrogens (tertiary/aromatic N) is 3. The van der Waals surface area contributed by atoms with Gasteiger partial charge in [0, 0.05) is 25.8 Å². The molecule has 1 saturated heterocycles. The van der Waals surface area contributed by atoms with Crippen molar-refractivity contribution in [3.05, 3.63) is 63.5 Å². The number of thioether (sulfide) groups is 2. The van der Waals surface area contributed by atoms with Gasteiger partial charge in [-0.05, 0) is 29.1 Å². The Labute approximate surface area is 242 Å². The third-order valence-corrected chi connectivity index (χ3v) is 9.79. The third-order valence-electron chi connectivity index (χ3n) is 5.65. The van der Waals surface area contributed by atoms with Gasteiger partial charge in [0.1, 0.15) is 22.8 Å². The van der Waals surface area contributed by atoms with Crippen molar-refractivity contribution < 1.29 is 34.2 Å². The van der Waals surface area contributed by atoms with Gasteiger partial charge in [-0.15, -0.1) is 34.4 Å². The highest BCUT2D eigenvalue weighted by Gasteiger charge is 2.54. The SMILES string of the molecule is Nc1nc(C(=NOCC(=O)O)C(=O)N[C@@H]2C(=O)N3C(C(=O)O)=C(Sc4ccc(-c5cccs5)cc4)CS[C@@H]23)cs1. The van der Waals surface area contributed by atoms with E-state index in [4.69, 9.17) is 15.7 Å². The van der Waals surface area contributed by atoms with E-state index in [1.807, 2.05) is 41.8 Å². The van der Waals surface area contributed by atoms with Crippen LogP contribution in [0.1, 0.15) is 5.69 Å². The summed E-state index contributed by atoms with van der Waals surface area (Å²) in [5.74, 6) is -3.68. The van der Waals surface area contributed by atoms with E-state index in [0.717, 1.165) is 26.7 Å². The minimum Gasteiger partial charge on any atom is -0.479 e. The number of carboxylic acid groups (broad SMARTS) is 2. The van der Waals surface area contributed by atoms with Crippen molar-refractivity contribution in [1.82, 2.24) is 15.2 Å². The second kappa shape index (κ2) is 11.7. The summed E-state index contributed by atoms with van der Waals surface area (Å²) in [4.78, 5) is 61.5. The smallest absolute Gasteiger partial charge is 0.353 e. The van der Waals surface area contributed by atoms with Gasteiger partial charge in [0.25, 0.3) is 11.8 Å². The van der Waals surface area contributed by atoms with Gasteiger partial charge >= 0.3 is 11.9 Å². The van der Waals surface area contributed by atoms with Crippen molar-refractivity contribution in [2.45, 2.75) is 16.3 Å². The maximum absolute atomic E-state index is 13.1. The van der Waals surface area contributed by atoms with E-state index in [0.29, 0.717) is 10.7 Å². The molecule has 0 saturated carbocycles. The molecule has 2 aromatic heterocycles. The summed E-state index contributed by atoms with van der Waals surface area (Å²) in [6.45, 7) is -0.797. The average molecular weight is 618 g/mol. The molecule has 0 spiro atoms. The molecular weight excluding hydrogens is 599 g/mol. The molecule has 2 aliphatic heterocycles. The molecule has 16 heteroatoms. The number of nitrogen functional groups attached to an aromatic ring is 1. The van der Waals surface area contributed by atoms with Crippen LogP contribution in [0.15, 0.2) is 67.8 Å². The summed E-state index contributed by atoms with van der Waals surface area (Å²) in [6.07, 6.45) is 0. The van der Waals surface area contributed by atoms with E-state index >= 15 is 0 Å². The molecule has 0 radical (unpaired) electrons. The number of aliphatic carboxylic acids is 2. The third kappa shape index (κ3) is 5.70. The number of thiazole rings is 1. The number of oxime groups is 1. The summed E-state index contributed by atoms with van der Waals surface area (Å²) in [5.41, 5.74) is 6.25. The summed E-state index contributed by atoms with van der Waals surface area (Å²) < 4.78 is 0. The molecular formula is C24H19N5O7S4. The molecule has 2 aliphatic rings. The van der Waals surface area contributed by atoms with Crippen molar-refractivity contribution in [3.8, 4) is 10.4 Å². The number of hydrogen-bond donors (Lipinski definition) is 4. The van der Waals surface area contributed by atoms with Crippen LogP contribution < -0.4 is 11.1 Å². The Morgan fingerprint density at radius 2 is 1.98 bits per heavy atom. The summed E-state index contributed by atoms with van der Waals surface area (Å²) in [6, 6.07) is 10.7. The van der Waals surface area contributed by atoms with Gasteiger partial charge < -0.3 is 26.1 Å². The second-order valence-corrected chi connectivity index (χ2v) is 12.3. The Balaban J connectivity index is 1.31. The maximum atomic E-state index is 13.1. The number of nitrogens with two attached hydrogens (primary N) is 1. The number of nitrogens with one attached hydrogen (secondary N) is 1. The molecule has 0 bridgehead atoms. The molecule has 0 aliphatic carbocycles. The lowest BCUT2D eigenvalue weighted by Crippen LogP contribution is -2.71. The van der Waals surface area contributed by atoms with E-state index in [2.05, 4.69) is 15.5 Å². The van der Waals surface area contributed by atoms with E-state index < -0.39 is 41.8 Å². The highest BCUT2D eigenvalue weighted by Crippen LogP contribution is 2.45. The topological polar surface area (TPSA) is 185 Å². The van der Waals surface area contributed by atoms with Crippen molar-refractivity contribution in [2.24, 2.45) is 5.16 Å². The van der Waals surface area contributed by atoms with E-state index in [9.17, 15) is 24.3 Å². The van der Waals surface area contributed by atoms with Crippen molar-refractivity contribution >= 4 is 80.8 Å². The minimum absolute atomic E-state index is 0.0419. The molecule has 1 aromatic carbocycles. The molecule has 3 aromatic rings. The number of benzene rings is 1. The van der Waals surface area contributed by atoms with Crippen LogP contribution in [0.4, 0.5) is 5.13 Å². The van der Waals surface area contributed by atoms with Crippen LogP contribution >= 0.6 is 46.2 Å². The fourth-order valence-corrected chi connectivity index (χ4v) is 7.66. The molecule has 206 valence electrons. The largest absolute Gasteiger partial charge is 0.479 e. The Bertz CT molecular complexity index is 1530. The Morgan fingerprint density at radius 1 is 1.20 bits per heavy atom. The number of carbonyl (C=O) groups is 4. The normalized spacial score (nSPS) is 18.6. The zero-order valence-electron chi connectivity index (χ0n) is 20.2. The number of carbonyl (C=O) groups excluding carboxylic acids is 2. The molecule has 4 heterocycles. The van der Waals surface area contributed by atoms with Crippen LogP contribution in [0.3, 0.4) is 0 Å². The zero-order chi connectivity index (χ0) is 28.4. The first kappa shape index (κ1) is 27.7. The number of β-lactam (4-membered cyclic amide) rings is 1. The lowest BCUT2D eigenvalue weighted by Gasteiger charge is -2.49. The summed E-state index contributed by atoms with van der Waals surface area (Å²) in [5, 5.41) is 27.8. The molecule has 1 fully saturated rings. The molecule has 5 rings (SSSR count). The quantitative estimate of drug-likeness (QED) is 0.149. The number of rotatable bonds is 10. The zero-order valence-corrected chi connectivity index (χ0v) is 23.4. The first-order valence-corrected chi connectivity index (χ1v) is 15.0. The van der Waals surface area contributed by atoms with E-state index in [-0.39, 0.29) is 22.2 Å². The van der Waals surface area contributed by atoms with Gasteiger partial charge in [-0.3, -0.25) is 14.5 Å². The highest BCUT2D eigenvalue weighted by atomic mass is 32.2. The molecule has 12 nitrogen and oxygen atoms in total. The molecule has 5 N–H and O–H groups in total. The van der Waals surface area contributed by atoms with Crippen molar-refractivity contribution in [1.29, 1.82) is 0 Å². The summed E-state index contributed by atoms with van der Waals surface area (Å²) >= 11 is 5.25. The fourth-order valence-electron chi connectivity index (χ4n) is 3.90. The molecule has 0 unspecified atom stereocenters. The van der Waals surface area contributed by atoms with E-state index in [1.165, 1.54) is 33.8 Å². The van der Waals surface area contributed by atoms with Gasteiger partial charge in [-0.2, -0.15) is 0 Å². The Morgan fingerprint density at radius 3 is 2.60 bits per heavy atom. The predicted molar refractivity (Wildman–Crippen MR) is 152 cm³/mol. The number of aromatic nitrogens is 1. The lowest BCUT2D eigenvalue weighted by molar-refractivity contribution is -0.150. The van der Waals surface area contributed by atoms with Gasteiger partial charge in [0.2, 0.25) is 6.61 Å². The van der Waals surface area contributed by atoms with Crippen LogP contribution in [-0.4, -0.2) is 73.3 Å². The van der Waals surface area contributed by atoms with Gasteiger partial charge in [-0.1, -0.05) is 35.1 Å². The molecule has 2 atom stereocenters. The Hall–Kier alpha value is -3.86. The molecule has 2 amide bonds. The lowest BCUT2D eigenvalue weighted by atomic mass is 10.0. The summed E-state index contributed by atoms with van der Waals surface area (Å²) in [7, 11) is 0. The van der Waals surface area contributed by atoms with Gasteiger partial charge in [0.05, 0.1) is 0 Å². The van der Waals surface area contributed by atoms with Gasteiger partial charge in [-0.25, -0.2) is 14.6 Å². The minimum atomic E-state index is -1.30. The van der Waals surface area contributed by atoms with Crippen LogP contribution in [0.5, 0.6) is 0 Å². The van der Waals surface area contributed by atoms with Crippen molar-refractivity contribution in [3.63, 3.8) is 0 Å². The van der Waals surface area contributed by atoms with Crippen molar-refractivity contribution in [2.75, 3.05) is 18.1 Å². The standard InChI is InChI=1S/C24H19N5O7S4/c25-24-26-13(9-39-24)17(28-36-8-16(30)31)20(32)27-18-21(33)29-19(23(34)35)15(10-38-22(18)29)40-12-5-3-11(4-6-12)14-2-1-7-37-14/h1-7,9,18,22H,8,10H2,(H2,25,26)(H,27,32)(H,30,31)(H,34,35)/t18-,22+/m1/s1. The maximum Gasteiger partial charge on any atom is 0.353 e. The number of fused-ring (bicyclic) bond motifs is 1. The number of thiophene rings is 1. The monoisotopic (exact) mass is 617 g/mol. The highest BCUT2D eigenvalue weighted by molar-refractivity contribution is 8.06.